The quantitative estimate of drug-likeness (QED) is 0.702. The van der Waals surface area contributed by atoms with Crippen molar-refractivity contribution in [2.24, 2.45) is 23.2 Å². The van der Waals surface area contributed by atoms with E-state index in [1.807, 2.05) is 0 Å². The number of likely N-dealkylation sites (tertiary alicyclic amines) is 1. The standard InChI is InChI=1S/C14H23NO/c1-10(2)12-3-5-15(6-4-12)13(16)14-7-11(8-14)9-14/h10-12H,3-9H2,1-2H3. The molecule has 0 aromatic heterocycles. The number of nitrogens with zero attached hydrogens (tertiary/aromatic N) is 1. The Bertz CT molecular complexity index is 285. The number of hydrogen-bond acceptors (Lipinski definition) is 1. The topological polar surface area (TPSA) is 20.3 Å². The van der Waals surface area contributed by atoms with Crippen molar-refractivity contribution >= 4 is 5.91 Å². The van der Waals surface area contributed by atoms with Gasteiger partial charge in [0.05, 0.1) is 5.41 Å². The van der Waals surface area contributed by atoms with Crippen molar-refractivity contribution in [1.82, 2.24) is 4.90 Å². The molecule has 4 fully saturated rings. The van der Waals surface area contributed by atoms with Crippen molar-refractivity contribution in [3.05, 3.63) is 0 Å². The van der Waals surface area contributed by atoms with Gasteiger partial charge in [0, 0.05) is 13.1 Å². The van der Waals surface area contributed by atoms with Gasteiger partial charge in [-0.05, 0) is 49.9 Å². The molecule has 1 heterocycles. The van der Waals surface area contributed by atoms with Gasteiger partial charge in [-0.2, -0.15) is 0 Å². The van der Waals surface area contributed by atoms with Crippen LogP contribution in [0.15, 0.2) is 0 Å². The van der Waals surface area contributed by atoms with Gasteiger partial charge in [0.25, 0.3) is 0 Å². The Morgan fingerprint density at radius 3 is 2.12 bits per heavy atom. The van der Waals surface area contributed by atoms with Gasteiger partial charge < -0.3 is 4.90 Å². The van der Waals surface area contributed by atoms with Crippen LogP contribution in [-0.4, -0.2) is 23.9 Å². The Balaban J connectivity index is 1.55. The summed E-state index contributed by atoms with van der Waals surface area (Å²) in [6.45, 7) is 6.66. The normalized spacial score (nSPS) is 38.2. The number of amides is 1. The number of piperidine rings is 1. The predicted molar refractivity (Wildman–Crippen MR) is 63.9 cm³/mol. The molecule has 1 saturated heterocycles. The first kappa shape index (κ1) is 10.6. The lowest BCUT2D eigenvalue weighted by Gasteiger charge is -2.61. The Morgan fingerprint density at radius 2 is 1.75 bits per heavy atom. The van der Waals surface area contributed by atoms with Crippen LogP contribution in [0.4, 0.5) is 0 Å². The molecule has 0 unspecified atom stereocenters. The van der Waals surface area contributed by atoms with Gasteiger partial charge in [-0.1, -0.05) is 13.8 Å². The Hall–Kier alpha value is -0.530. The van der Waals surface area contributed by atoms with Crippen LogP contribution < -0.4 is 0 Å². The van der Waals surface area contributed by atoms with E-state index in [-0.39, 0.29) is 5.41 Å². The number of carbonyl (C=O) groups excluding carboxylic acids is 1. The molecule has 3 aliphatic carbocycles. The van der Waals surface area contributed by atoms with Crippen LogP contribution in [0, 0.1) is 23.2 Å². The lowest BCUT2D eigenvalue weighted by Crippen LogP contribution is -2.62. The van der Waals surface area contributed by atoms with Crippen LogP contribution in [0.2, 0.25) is 0 Å². The molecule has 0 spiro atoms. The maximum Gasteiger partial charge on any atom is 0.228 e. The highest BCUT2D eigenvalue weighted by atomic mass is 16.2. The highest BCUT2D eigenvalue weighted by Gasteiger charge is 2.62. The van der Waals surface area contributed by atoms with Gasteiger partial charge in [-0.15, -0.1) is 0 Å². The van der Waals surface area contributed by atoms with Crippen LogP contribution in [0.25, 0.3) is 0 Å². The minimum Gasteiger partial charge on any atom is -0.342 e. The summed E-state index contributed by atoms with van der Waals surface area (Å²) in [6, 6.07) is 0. The fourth-order valence-electron chi connectivity index (χ4n) is 3.84. The summed E-state index contributed by atoms with van der Waals surface area (Å²) in [4.78, 5) is 14.5. The van der Waals surface area contributed by atoms with Crippen molar-refractivity contribution in [2.45, 2.75) is 46.0 Å². The molecule has 4 aliphatic rings. The molecule has 16 heavy (non-hydrogen) atoms. The summed E-state index contributed by atoms with van der Waals surface area (Å²) >= 11 is 0. The third-order valence-corrected chi connectivity index (χ3v) is 5.26. The van der Waals surface area contributed by atoms with Gasteiger partial charge in [-0.3, -0.25) is 4.79 Å². The van der Waals surface area contributed by atoms with Crippen LogP contribution in [0.1, 0.15) is 46.0 Å². The minimum atomic E-state index is 0.148. The molecule has 1 amide bonds. The molecular formula is C14H23NO. The third-order valence-electron chi connectivity index (χ3n) is 5.26. The second-order valence-corrected chi connectivity index (χ2v) is 6.63. The van der Waals surface area contributed by atoms with Gasteiger partial charge in [0.1, 0.15) is 0 Å². The third kappa shape index (κ3) is 1.42. The molecule has 1 aliphatic heterocycles. The van der Waals surface area contributed by atoms with Gasteiger partial charge in [0.15, 0.2) is 0 Å². The van der Waals surface area contributed by atoms with Crippen LogP contribution in [0.3, 0.4) is 0 Å². The Kier molecular flexibility index (Phi) is 2.31. The summed E-state index contributed by atoms with van der Waals surface area (Å²) in [5, 5.41) is 0. The maximum atomic E-state index is 12.3. The molecule has 0 aromatic carbocycles. The fraction of sp³-hybridized carbons (Fsp3) is 0.929. The first-order valence-electron chi connectivity index (χ1n) is 6.90. The van der Waals surface area contributed by atoms with E-state index in [9.17, 15) is 4.79 Å². The molecule has 0 radical (unpaired) electrons. The summed E-state index contributed by atoms with van der Waals surface area (Å²) < 4.78 is 0. The highest BCUT2D eigenvalue weighted by Crippen LogP contribution is 2.65. The average molecular weight is 221 g/mol. The summed E-state index contributed by atoms with van der Waals surface area (Å²) in [5.74, 6) is 3.04. The molecular weight excluding hydrogens is 198 g/mol. The van der Waals surface area contributed by atoms with Gasteiger partial charge in [0.2, 0.25) is 5.91 Å². The fourth-order valence-corrected chi connectivity index (χ4v) is 3.84. The zero-order chi connectivity index (χ0) is 11.3. The van der Waals surface area contributed by atoms with E-state index in [0.717, 1.165) is 30.8 Å². The molecule has 0 aromatic rings. The lowest BCUT2D eigenvalue weighted by atomic mass is 9.44. The SMILES string of the molecule is CC(C)C1CCN(C(=O)C23CC(C2)C3)CC1. The molecule has 2 heteroatoms. The van der Waals surface area contributed by atoms with Crippen molar-refractivity contribution in [3.8, 4) is 0 Å². The molecule has 2 nitrogen and oxygen atoms in total. The maximum absolute atomic E-state index is 12.3. The molecule has 0 atom stereocenters. The van der Waals surface area contributed by atoms with E-state index in [2.05, 4.69) is 18.7 Å². The van der Waals surface area contributed by atoms with E-state index >= 15 is 0 Å². The van der Waals surface area contributed by atoms with Crippen LogP contribution in [0.5, 0.6) is 0 Å². The van der Waals surface area contributed by atoms with Crippen LogP contribution in [-0.2, 0) is 4.79 Å². The summed E-state index contributed by atoms with van der Waals surface area (Å²) in [7, 11) is 0. The molecule has 0 N–H and O–H groups in total. The average Bonchev–Trinajstić information content (AvgIpc) is 2.13. The second kappa shape index (κ2) is 3.48. The first-order valence-corrected chi connectivity index (χ1v) is 6.90. The minimum absolute atomic E-state index is 0.148. The number of rotatable bonds is 2. The highest BCUT2D eigenvalue weighted by molar-refractivity contribution is 5.85. The van der Waals surface area contributed by atoms with Crippen LogP contribution >= 0.6 is 0 Å². The van der Waals surface area contributed by atoms with E-state index < -0.39 is 0 Å². The lowest BCUT2D eigenvalue weighted by molar-refractivity contribution is -0.178. The van der Waals surface area contributed by atoms with E-state index in [0.29, 0.717) is 5.91 Å². The van der Waals surface area contributed by atoms with Gasteiger partial charge >= 0.3 is 0 Å². The zero-order valence-corrected chi connectivity index (χ0v) is 10.5. The monoisotopic (exact) mass is 221 g/mol. The molecule has 90 valence electrons. The van der Waals surface area contributed by atoms with E-state index in [4.69, 9.17) is 0 Å². The number of carbonyl (C=O) groups is 1. The Labute approximate surface area is 98.4 Å². The molecule has 2 bridgehead atoms. The van der Waals surface area contributed by atoms with E-state index in [1.54, 1.807) is 0 Å². The molecule has 4 rings (SSSR count). The zero-order valence-electron chi connectivity index (χ0n) is 10.5. The van der Waals surface area contributed by atoms with Crippen molar-refractivity contribution in [2.75, 3.05) is 13.1 Å². The van der Waals surface area contributed by atoms with E-state index in [1.165, 1.54) is 32.1 Å². The Morgan fingerprint density at radius 1 is 1.19 bits per heavy atom. The van der Waals surface area contributed by atoms with Crippen molar-refractivity contribution < 1.29 is 4.79 Å². The summed E-state index contributed by atoms with van der Waals surface area (Å²) in [5.41, 5.74) is 0.148. The van der Waals surface area contributed by atoms with Crippen molar-refractivity contribution in [3.63, 3.8) is 0 Å². The largest absolute Gasteiger partial charge is 0.342 e. The van der Waals surface area contributed by atoms with Crippen molar-refractivity contribution in [1.29, 1.82) is 0 Å². The van der Waals surface area contributed by atoms with Gasteiger partial charge in [-0.25, -0.2) is 0 Å². The predicted octanol–water partition coefficient (Wildman–Crippen LogP) is 2.68. The first-order chi connectivity index (χ1) is 7.61. The summed E-state index contributed by atoms with van der Waals surface area (Å²) in [6.07, 6.45) is 6.06. The second-order valence-electron chi connectivity index (χ2n) is 6.63. The molecule has 3 saturated carbocycles. The smallest absolute Gasteiger partial charge is 0.228 e. The number of hydrogen-bond donors (Lipinski definition) is 0.